The number of nitrogens with zero attached hydrogens (tertiary/aromatic N) is 6. The van der Waals surface area contributed by atoms with Gasteiger partial charge in [-0.1, -0.05) is 30.4 Å². The Hall–Kier alpha value is -3.96. The third-order valence-electron chi connectivity index (χ3n) is 7.74. The average molecular weight is 527 g/mol. The van der Waals surface area contributed by atoms with Crippen LogP contribution in [0.1, 0.15) is 23.0 Å². The fourth-order valence-electron chi connectivity index (χ4n) is 6.29. The normalized spacial score (nSPS) is 27.2. The number of rotatable bonds is 6. The molecule has 3 atom stereocenters. The van der Waals surface area contributed by atoms with Gasteiger partial charge in [0.1, 0.15) is 38.9 Å². The lowest BCUT2D eigenvalue weighted by molar-refractivity contribution is 0.0471. The van der Waals surface area contributed by atoms with Gasteiger partial charge in [-0.05, 0) is 30.3 Å². The molecule has 2 aromatic heterocycles. The number of hydrogen-bond donors (Lipinski definition) is 0. The fourth-order valence-corrected chi connectivity index (χ4v) is 6.67. The summed E-state index contributed by atoms with van der Waals surface area (Å²) in [6.45, 7) is 2.52. The molecule has 3 aliphatic rings. The second-order valence-corrected chi connectivity index (χ2v) is 10.4. The minimum absolute atomic E-state index is 0.344. The molecule has 0 N–H and O–H groups in total. The molecule has 0 amide bonds. The lowest BCUT2D eigenvalue weighted by Gasteiger charge is -2.60. The molecular formula is C28H26N6O3S. The summed E-state index contributed by atoms with van der Waals surface area (Å²) in [4.78, 5) is 11.5. The minimum Gasteiger partial charge on any atom is -0.496 e. The molecule has 5 heterocycles. The van der Waals surface area contributed by atoms with E-state index in [9.17, 15) is 10.5 Å². The topological polar surface area (TPSA) is 105 Å². The van der Waals surface area contributed by atoms with Gasteiger partial charge in [0.2, 0.25) is 0 Å². The lowest BCUT2D eigenvalue weighted by atomic mass is 9.53. The maximum atomic E-state index is 11.0. The first kappa shape index (κ1) is 24.4. The van der Waals surface area contributed by atoms with Gasteiger partial charge in [0.25, 0.3) is 0 Å². The number of nitriles is 2. The molecule has 38 heavy (non-hydrogen) atoms. The van der Waals surface area contributed by atoms with Crippen LogP contribution >= 0.6 is 12.2 Å². The minimum atomic E-state index is -1.18. The maximum Gasteiger partial charge on any atom is 0.136 e. The van der Waals surface area contributed by atoms with Gasteiger partial charge in [0, 0.05) is 24.6 Å². The second kappa shape index (κ2) is 9.41. The Morgan fingerprint density at radius 1 is 0.974 bits per heavy atom. The third-order valence-corrected chi connectivity index (χ3v) is 8.33. The molecule has 2 bridgehead atoms. The lowest BCUT2D eigenvalue weighted by Crippen LogP contribution is -2.73. The maximum absolute atomic E-state index is 11.0. The van der Waals surface area contributed by atoms with E-state index < -0.39 is 16.7 Å². The highest BCUT2D eigenvalue weighted by Crippen LogP contribution is 2.59. The van der Waals surface area contributed by atoms with Gasteiger partial charge >= 0.3 is 0 Å². The van der Waals surface area contributed by atoms with E-state index in [1.165, 1.54) is 0 Å². The highest BCUT2D eigenvalue weighted by molar-refractivity contribution is 7.80. The predicted octanol–water partition coefficient (Wildman–Crippen LogP) is 3.97. The fraction of sp³-hybridized carbons (Fsp3) is 0.357. The number of amidine groups is 1. The number of likely N-dealkylation sites (tertiary alicyclic amines) is 1. The van der Waals surface area contributed by atoms with Crippen LogP contribution in [0, 0.1) is 33.5 Å². The van der Waals surface area contributed by atoms with Gasteiger partial charge in [-0.2, -0.15) is 10.5 Å². The smallest absolute Gasteiger partial charge is 0.136 e. The van der Waals surface area contributed by atoms with Gasteiger partial charge < -0.3 is 18.5 Å². The molecule has 0 aliphatic carbocycles. The number of hydrogen-bond acceptors (Lipinski definition) is 9. The van der Waals surface area contributed by atoms with Crippen molar-refractivity contribution in [1.29, 1.82) is 10.5 Å². The number of benzene rings is 1. The zero-order valence-electron chi connectivity index (χ0n) is 20.9. The molecule has 0 radical (unpaired) electrons. The van der Waals surface area contributed by atoms with Gasteiger partial charge in [-0.25, -0.2) is 0 Å². The Kier molecular flexibility index (Phi) is 6.04. The number of para-hydroxylation sites is 1. The highest BCUT2D eigenvalue weighted by atomic mass is 32.1. The summed E-state index contributed by atoms with van der Waals surface area (Å²) >= 11 is 6.15. The summed E-state index contributed by atoms with van der Waals surface area (Å²) in [6, 6.07) is 20.4. The van der Waals surface area contributed by atoms with E-state index in [2.05, 4.69) is 21.9 Å². The molecule has 10 heteroatoms. The summed E-state index contributed by atoms with van der Waals surface area (Å²) in [6.07, 6.45) is 3.27. The van der Waals surface area contributed by atoms with Crippen molar-refractivity contribution in [1.82, 2.24) is 14.7 Å². The van der Waals surface area contributed by atoms with Crippen molar-refractivity contribution >= 4 is 23.0 Å². The Labute approximate surface area is 226 Å². The summed E-state index contributed by atoms with van der Waals surface area (Å²) in [7, 11) is 1.61. The van der Waals surface area contributed by atoms with Gasteiger partial charge in [-0.3, -0.25) is 14.8 Å². The first-order valence-electron chi connectivity index (χ1n) is 12.4. The van der Waals surface area contributed by atoms with Crippen LogP contribution in [0.15, 0.2) is 74.9 Å². The molecule has 9 nitrogen and oxygen atoms in total. The molecule has 1 aromatic carbocycles. The quantitative estimate of drug-likeness (QED) is 0.441. The Bertz CT molecular complexity index is 1460. The molecule has 2 saturated heterocycles. The molecule has 2 fully saturated rings. The van der Waals surface area contributed by atoms with Crippen LogP contribution in [0.2, 0.25) is 0 Å². The van der Waals surface area contributed by atoms with Crippen LogP contribution in [0.3, 0.4) is 0 Å². The standard InChI is InChI=1S/C28H26N6O3S/c1-35-23-9-3-2-8-22(23)24-27(14-29)16-32(12-20-6-4-10-36-20)17-28(24,15-30)26(38)34-19-33(18-31-25(27)34)13-21-7-5-11-37-21/h2-11,24H,12-13,16-19H2,1H3/t24-,27-,28+/m1/s1. The summed E-state index contributed by atoms with van der Waals surface area (Å²) < 4.78 is 16.9. The Morgan fingerprint density at radius 3 is 2.26 bits per heavy atom. The molecule has 3 aromatic rings. The largest absolute Gasteiger partial charge is 0.496 e. The molecule has 0 saturated carbocycles. The monoisotopic (exact) mass is 526 g/mol. The van der Waals surface area contributed by atoms with Crippen LogP contribution in [0.5, 0.6) is 5.75 Å². The summed E-state index contributed by atoms with van der Waals surface area (Å²) in [5, 5.41) is 22.0. The van der Waals surface area contributed by atoms with Gasteiger partial charge in [0.05, 0.1) is 58.2 Å². The average Bonchev–Trinajstić information content (AvgIpc) is 3.66. The van der Waals surface area contributed by atoms with Crippen molar-refractivity contribution < 1.29 is 13.6 Å². The summed E-state index contributed by atoms with van der Waals surface area (Å²) in [5.41, 5.74) is -1.54. The number of methoxy groups -OCH3 is 1. The van der Waals surface area contributed by atoms with Crippen LogP contribution in [0.25, 0.3) is 0 Å². The number of furan rings is 2. The highest BCUT2D eigenvalue weighted by Gasteiger charge is 2.68. The van der Waals surface area contributed by atoms with E-state index in [0.717, 1.165) is 17.1 Å². The Morgan fingerprint density at radius 2 is 1.63 bits per heavy atom. The van der Waals surface area contributed by atoms with E-state index in [1.807, 2.05) is 53.4 Å². The zero-order chi connectivity index (χ0) is 26.3. The van der Waals surface area contributed by atoms with Gasteiger partial charge in [0.15, 0.2) is 0 Å². The van der Waals surface area contributed by atoms with E-state index in [4.69, 9.17) is 30.8 Å². The van der Waals surface area contributed by atoms with Crippen molar-refractivity contribution in [2.75, 3.05) is 33.5 Å². The zero-order valence-corrected chi connectivity index (χ0v) is 21.7. The summed E-state index contributed by atoms with van der Waals surface area (Å²) in [5.74, 6) is 2.24. The Balaban J connectivity index is 1.50. The van der Waals surface area contributed by atoms with E-state index in [1.54, 1.807) is 19.6 Å². The molecule has 6 rings (SSSR count). The number of aliphatic imine (C=N–C) groups is 1. The molecule has 0 unspecified atom stereocenters. The van der Waals surface area contributed by atoms with Crippen LogP contribution in [-0.2, 0) is 13.1 Å². The molecule has 3 aliphatic heterocycles. The SMILES string of the molecule is COc1ccccc1[C@@H]1[C@@]2(C#N)CN(Cc3ccco3)C[C@]1(C#N)C(=S)N1CN(Cc3ccco3)CN=C12. The molecule has 0 spiro atoms. The van der Waals surface area contributed by atoms with Crippen molar-refractivity contribution in [3.8, 4) is 17.9 Å². The van der Waals surface area contributed by atoms with E-state index >= 15 is 0 Å². The van der Waals surface area contributed by atoms with Crippen molar-refractivity contribution in [3.63, 3.8) is 0 Å². The first-order chi connectivity index (χ1) is 18.5. The number of piperidine rings is 2. The van der Waals surface area contributed by atoms with Crippen LogP contribution in [-0.4, -0.2) is 59.1 Å². The van der Waals surface area contributed by atoms with Crippen molar-refractivity contribution in [3.05, 3.63) is 78.1 Å². The van der Waals surface area contributed by atoms with Crippen LogP contribution in [0.4, 0.5) is 0 Å². The number of thiocarbonyl (C=S) groups is 1. The third kappa shape index (κ3) is 3.64. The van der Waals surface area contributed by atoms with Crippen LogP contribution < -0.4 is 4.74 Å². The number of ether oxygens (including phenoxy) is 1. The number of fused-ring (bicyclic) bond motifs is 4. The van der Waals surface area contributed by atoms with Gasteiger partial charge in [-0.15, -0.1) is 0 Å². The second-order valence-electron chi connectivity index (χ2n) is 9.97. The molecule has 192 valence electrons. The van der Waals surface area contributed by atoms with E-state index in [-0.39, 0.29) is 0 Å². The van der Waals surface area contributed by atoms with Crippen molar-refractivity contribution in [2.24, 2.45) is 15.8 Å². The molecular weight excluding hydrogens is 500 g/mol. The predicted molar refractivity (Wildman–Crippen MR) is 142 cm³/mol. The van der Waals surface area contributed by atoms with E-state index in [0.29, 0.717) is 56.1 Å². The van der Waals surface area contributed by atoms with Crippen molar-refractivity contribution in [2.45, 2.75) is 19.0 Å². The first-order valence-corrected chi connectivity index (χ1v) is 12.8.